The van der Waals surface area contributed by atoms with Gasteiger partial charge in [-0.2, -0.15) is 0 Å². The van der Waals surface area contributed by atoms with E-state index < -0.39 is 5.97 Å². The fraction of sp³-hybridized carbons (Fsp3) is 0.300. The van der Waals surface area contributed by atoms with Gasteiger partial charge in [-0.15, -0.1) is 11.8 Å². The third kappa shape index (κ3) is 3.32. The Kier molecular flexibility index (Phi) is 4.78. The van der Waals surface area contributed by atoms with Gasteiger partial charge < -0.3 is 9.47 Å². The van der Waals surface area contributed by atoms with E-state index in [9.17, 15) is 4.79 Å². The van der Waals surface area contributed by atoms with Crippen LogP contribution in [0.3, 0.4) is 0 Å². The average Bonchev–Trinajstić information content (AvgIpc) is 2.25. The maximum absolute atomic E-state index is 11.4. The molecule has 15 heavy (non-hydrogen) atoms. The Morgan fingerprint density at radius 1 is 1.53 bits per heavy atom. The highest BCUT2D eigenvalue weighted by molar-refractivity contribution is 7.98. The quantitative estimate of drug-likeness (QED) is 0.605. The highest BCUT2D eigenvalue weighted by Crippen LogP contribution is 2.24. The third-order valence-electron chi connectivity index (χ3n) is 1.68. The molecule has 0 aliphatic rings. The molecule has 0 radical (unpaired) electrons. The Morgan fingerprint density at radius 3 is 2.87 bits per heavy atom. The van der Waals surface area contributed by atoms with Crippen LogP contribution in [0, 0.1) is 0 Å². The Balaban J connectivity index is 2.97. The van der Waals surface area contributed by atoms with Crippen molar-refractivity contribution >= 4 is 29.3 Å². The molecule has 0 N–H and O–H groups in total. The number of carbonyl (C=O) groups excluding carboxylic acids is 1. The molecule has 0 unspecified atom stereocenters. The van der Waals surface area contributed by atoms with Crippen LogP contribution in [0.2, 0.25) is 5.02 Å². The second-order valence-corrected chi connectivity index (χ2v) is 3.93. The van der Waals surface area contributed by atoms with Gasteiger partial charge in [0.25, 0.3) is 0 Å². The first kappa shape index (κ1) is 12.2. The Hall–Kier alpha value is -0.870. The molecule has 82 valence electrons. The highest BCUT2D eigenvalue weighted by Gasteiger charge is 2.13. The predicted octanol–water partition coefficient (Wildman–Crippen LogP) is 2.83. The monoisotopic (exact) mass is 246 g/mol. The van der Waals surface area contributed by atoms with E-state index in [0.717, 1.165) is 0 Å². The SMILES string of the molecule is COC(=O)c1ccc(Cl)cc1OCSC. The molecule has 3 nitrogen and oxygen atoms in total. The van der Waals surface area contributed by atoms with Gasteiger partial charge in [-0.3, -0.25) is 0 Å². The van der Waals surface area contributed by atoms with E-state index in [1.807, 2.05) is 6.26 Å². The molecule has 1 aromatic carbocycles. The first-order chi connectivity index (χ1) is 7.19. The van der Waals surface area contributed by atoms with Crippen molar-refractivity contribution in [2.75, 3.05) is 19.3 Å². The van der Waals surface area contributed by atoms with E-state index in [-0.39, 0.29) is 0 Å². The van der Waals surface area contributed by atoms with Gasteiger partial charge >= 0.3 is 5.97 Å². The van der Waals surface area contributed by atoms with Crippen LogP contribution >= 0.6 is 23.4 Å². The minimum absolute atomic E-state index is 0.385. The van der Waals surface area contributed by atoms with Crippen molar-refractivity contribution < 1.29 is 14.3 Å². The molecule has 0 aliphatic carbocycles. The van der Waals surface area contributed by atoms with Gasteiger partial charge in [0, 0.05) is 5.02 Å². The minimum atomic E-state index is -0.428. The summed E-state index contributed by atoms with van der Waals surface area (Å²) < 4.78 is 10.00. The van der Waals surface area contributed by atoms with E-state index in [4.69, 9.17) is 16.3 Å². The second-order valence-electron chi connectivity index (χ2n) is 2.68. The lowest BCUT2D eigenvalue weighted by Crippen LogP contribution is -2.05. The summed E-state index contributed by atoms with van der Waals surface area (Å²) in [7, 11) is 1.33. The van der Waals surface area contributed by atoms with E-state index in [2.05, 4.69) is 4.74 Å². The van der Waals surface area contributed by atoms with Crippen molar-refractivity contribution in [2.45, 2.75) is 0 Å². The van der Waals surface area contributed by atoms with Crippen LogP contribution in [0.25, 0.3) is 0 Å². The van der Waals surface area contributed by atoms with Crippen LogP contribution in [0.4, 0.5) is 0 Å². The van der Waals surface area contributed by atoms with Crippen LogP contribution in [-0.4, -0.2) is 25.3 Å². The number of ether oxygens (including phenoxy) is 2. The molecule has 0 saturated carbocycles. The summed E-state index contributed by atoms with van der Waals surface area (Å²) in [4.78, 5) is 11.4. The molecule has 0 aromatic heterocycles. The van der Waals surface area contributed by atoms with Gasteiger partial charge in [-0.25, -0.2) is 4.79 Å². The van der Waals surface area contributed by atoms with Crippen molar-refractivity contribution in [1.29, 1.82) is 0 Å². The number of methoxy groups -OCH3 is 1. The molecule has 0 amide bonds. The van der Waals surface area contributed by atoms with Crippen molar-refractivity contribution in [3.63, 3.8) is 0 Å². The molecule has 5 heteroatoms. The summed E-state index contributed by atoms with van der Waals surface area (Å²) in [5.74, 6) is 0.483. The molecule has 1 rings (SSSR count). The van der Waals surface area contributed by atoms with Gasteiger partial charge in [0.15, 0.2) is 0 Å². The van der Waals surface area contributed by atoms with Crippen molar-refractivity contribution in [2.24, 2.45) is 0 Å². The van der Waals surface area contributed by atoms with Crippen LogP contribution < -0.4 is 4.74 Å². The molecule has 0 spiro atoms. The fourth-order valence-electron chi connectivity index (χ4n) is 1.02. The third-order valence-corrected chi connectivity index (χ3v) is 2.27. The summed E-state index contributed by atoms with van der Waals surface area (Å²) >= 11 is 7.32. The lowest BCUT2D eigenvalue weighted by molar-refractivity contribution is 0.0597. The number of hydrogen-bond acceptors (Lipinski definition) is 4. The lowest BCUT2D eigenvalue weighted by Gasteiger charge is -2.09. The molecule has 0 heterocycles. The lowest BCUT2D eigenvalue weighted by atomic mass is 10.2. The van der Waals surface area contributed by atoms with Gasteiger partial charge in [0.1, 0.15) is 17.3 Å². The summed E-state index contributed by atoms with van der Waals surface area (Å²) in [5.41, 5.74) is 0.385. The Bertz CT molecular complexity index is 355. The van der Waals surface area contributed by atoms with Crippen LogP contribution in [0.5, 0.6) is 5.75 Å². The van der Waals surface area contributed by atoms with E-state index >= 15 is 0 Å². The molecule has 0 saturated heterocycles. The number of benzene rings is 1. The van der Waals surface area contributed by atoms with Crippen LogP contribution in [-0.2, 0) is 4.74 Å². The van der Waals surface area contributed by atoms with Crippen molar-refractivity contribution in [1.82, 2.24) is 0 Å². The number of rotatable bonds is 4. The first-order valence-corrected chi connectivity index (χ1v) is 5.96. The van der Waals surface area contributed by atoms with Crippen molar-refractivity contribution in [3.05, 3.63) is 28.8 Å². The van der Waals surface area contributed by atoms with E-state index in [0.29, 0.717) is 22.3 Å². The fourth-order valence-corrected chi connectivity index (χ4v) is 1.42. The zero-order chi connectivity index (χ0) is 11.3. The molecule has 0 aliphatic heterocycles. The highest BCUT2D eigenvalue weighted by atomic mass is 35.5. The standard InChI is InChI=1S/C10H11ClO3S/c1-13-10(12)8-4-3-7(11)5-9(8)14-6-15-2/h3-5H,6H2,1-2H3. The number of halogens is 1. The minimum Gasteiger partial charge on any atom is -0.482 e. The zero-order valence-electron chi connectivity index (χ0n) is 8.45. The van der Waals surface area contributed by atoms with Crippen LogP contribution in [0.15, 0.2) is 18.2 Å². The first-order valence-electron chi connectivity index (χ1n) is 4.18. The van der Waals surface area contributed by atoms with Gasteiger partial charge in [-0.1, -0.05) is 11.6 Å². The summed E-state index contributed by atoms with van der Waals surface area (Å²) in [6.07, 6.45) is 1.91. The molecule has 0 atom stereocenters. The molecule has 1 aromatic rings. The average molecular weight is 247 g/mol. The Morgan fingerprint density at radius 2 is 2.27 bits per heavy atom. The maximum atomic E-state index is 11.4. The molecular weight excluding hydrogens is 236 g/mol. The number of esters is 1. The second kappa shape index (κ2) is 5.88. The number of carbonyl (C=O) groups is 1. The summed E-state index contributed by atoms with van der Waals surface area (Å²) in [6, 6.07) is 4.81. The van der Waals surface area contributed by atoms with E-state index in [1.165, 1.54) is 18.9 Å². The largest absolute Gasteiger partial charge is 0.482 e. The smallest absolute Gasteiger partial charge is 0.341 e. The van der Waals surface area contributed by atoms with Gasteiger partial charge in [-0.05, 0) is 24.5 Å². The Labute approximate surface area is 97.7 Å². The van der Waals surface area contributed by atoms with Crippen LogP contribution in [0.1, 0.15) is 10.4 Å². The number of hydrogen-bond donors (Lipinski definition) is 0. The predicted molar refractivity (Wildman–Crippen MR) is 61.8 cm³/mol. The topological polar surface area (TPSA) is 35.5 Å². The number of thioether (sulfide) groups is 1. The molecule has 0 fully saturated rings. The van der Waals surface area contributed by atoms with Gasteiger partial charge in [0.05, 0.1) is 7.11 Å². The summed E-state index contributed by atoms with van der Waals surface area (Å²) in [5, 5.41) is 0.527. The van der Waals surface area contributed by atoms with Gasteiger partial charge in [0.2, 0.25) is 0 Å². The zero-order valence-corrected chi connectivity index (χ0v) is 10.0. The molecular formula is C10H11ClO3S. The maximum Gasteiger partial charge on any atom is 0.341 e. The van der Waals surface area contributed by atoms with E-state index in [1.54, 1.807) is 18.2 Å². The molecule has 0 bridgehead atoms. The summed E-state index contributed by atoms with van der Waals surface area (Å²) in [6.45, 7) is 0. The van der Waals surface area contributed by atoms with Crippen molar-refractivity contribution in [3.8, 4) is 5.75 Å². The normalized spacial score (nSPS) is 9.80.